The standard InChI is InChI=1S/C16H25F2NO2/c1-5-11(3)9-12(6-2)19-14-10-13(20-4)7-8-15(14)21-16(17)18/h7-8,10-12,16,19H,5-6,9H2,1-4H3. The lowest BCUT2D eigenvalue weighted by atomic mass is 9.97. The highest BCUT2D eigenvalue weighted by Crippen LogP contribution is 2.32. The summed E-state index contributed by atoms with van der Waals surface area (Å²) in [5.41, 5.74) is 0.546. The number of benzene rings is 1. The van der Waals surface area contributed by atoms with Crippen molar-refractivity contribution < 1.29 is 18.3 Å². The van der Waals surface area contributed by atoms with E-state index in [2.05, 4.69) is 30.8 Å². The van der Waals surface area contributed by atoms with Gasteiger partial charge in [0.05, 0.1) is 12.8 Å². The van der Waals surface area contributed by atoms with Crippen molar-refractivity contribution in [3.63, 3.8) is 0 Å². The molecule has 0 amide bonds. The molecule has 0 saturated heterocycles. The summed E-state index contributed by atoms with van der Waals surface area (Å²) in [4.78, 5) is 0. The van der Waals surface area contributed by atoms with Crippen molar-refractivity contribution in [1.29, 1.82) is 0 Å². The molecule has 1 N–H and O–H groups in total. The maximum Gasteiger partial charge on any atom is 0.387 e. The van der Waals surface area contributed by atoms with E-state index in [-0.39, 0.29) is 11.8 Å². The van der Waals surface area contributed by atoms with Crippen LogP contribution in [0.1, 0.15) is 40.0 Å². The van der Waals surface area contributed by atoms with Crippen LogP contribution in [0, 0.1) is 5.92 Å². The van der Waals surface area contributed by atoms with Crippen LogP contribution in [0.25, 0.3) is 0 Å². The summed E-state index contributed by atoms with van der Waals surface area (Å²) in [7, 11) is 1.54. The summed E-state index contributed by atoms with van der Waals surface area (Å²) >= 11 is 0. The molecule has 21 heavy (non-hydrogen) atoms. The van der Waals surface area contributed by atoms with E-state index in [0.29, 0.717) is 17.4 Å². The molecule has 0 aliphatic carbocycles. The lowest BCUT2D eigenvalue weighted by Gasteiger charge is -2.23. The normalized spacial score (nSPS) is 13.9. The third-order valence-electron chi connectivity index (χ3n) is 3.64. The Morgan fingerprint density at radius 3 is 2.43 bits per heavy atom. The molecular formula is C16H25F2NO2. The number of ether oxygens (including phenoxy) is 2. The van der Waals surface area contributed by atoms with Crippen LogP contribution in [-0.2, 0) is 0 Å². The monoisotopic (exact) mass is 301 g/mol. The molecule has 0 bridgehead atoms. The van der Waals surface area contributed by atoms with Gasteiger partial charge in [0.1, 0.15) is 11.5 Å². The quantitative estimate of drug-likeness (QED) is 0.702. The zero-order chi connectivity index (χ0) is 15.8. The lowest BCUT2D eigenvalue weighted by molar-refractivity contribution is -0.0494. The summed E-state index contributed by atoms with van der Waals surface area (Å²) in [5, 5.41) is 3.30. The van der Waals surface area contributed by atoms with Crippen LogP contribution in [0.4, 0.5) is 14.5 Å². The zero-order valence-electron chi connectivity index (χ0n) is 13.2. The third-order valence-corrected chi connectivity index (χ3v) is 3.64. The molecule has 120 valence electrons. The highest BCUT2D eigenvalue weighted by molar-refractivity contribution is 5.60. The van der Waals surface area contributed by atoms with Gasteiger partial charge in [0.25, 0.3) is 0 Å². The van der Waals surface area contributed by atoms with Crippen LogP contribution < -0.4 is 14.8 Å². The number of alkyl halides is 2. The second-order valence-corrected chi connectivity index (χ2v) is 5.24. The molecule has 1 aromatic rings. The van der Waals surface area contributed by atoms with Crippen molar-refractivity contribution >= 4 is 5.69 Å². The molecule has 0 aromatic heterocycles. The summed E-state index contributed by atoms with van der Waals surface area (Å²) in [6.45, 7) is 3.57. The first-order valence-corrected chi connectivity index (χ1v) is 7.39. The molecule has 0 aliphatic rings. The molecule has 0 radical (unpaired) electrons. The maximum absolute atomic E-state index is 12.5. The highest BCUT2D eigenvalue weighted by atomic mass is 19.3. The van der Waals surface area contributed by atoms with Gasteiger partial charge in [-0.05, 0) is 30.9 Å². The Bertz CT molecular complexity index is 427. The lowest BCUT2D eigenvalue weighted by Crippen LogP contribution is -2.22. The topological polar surface area (TPSA) is 30.5 Å². The molecule has 1 rings (SSSR count). The molecule has 1 aromatic carbocycles. The molecule has 3 nitrogen and oxygen atoms in total. The van der Waals surface area contributed by atoms with Gasteiger partial charge in [-0.1, -0.05) is 27.2 Å². The largest absolute Gasteiger partial charge is 0.497 e. The van der Waals surface area contributed by atoms with Gasteiger partial charge in [-0.3, -0.25) is 0 Å². The first kappa shape index (κ1) is 17.5. The molecule has 0 heterocycles. The summed E-state index contributed by atoms with van der Waals surface area (Å²) < 4.78 is 34.7. The van der Waals surface area contributed by atoms with E-state index in [1.807, 2.05) is 0 Å². The number of hydrogen-bond donors (Lipinski definition) is 1. The fourth-order valence-corrected chi connectivity index (χ4v) is 2.15. The number of anilines is 1. The van der Waals surface area contributed by atoms with Crippen molar-refractivity contribution in [2.45, 2.75) is 52.7 Å². The van der Waals surface area contributed by atoms with Crippen molar-refractivity contribution in [3.05, 3.63) is 18.2 Å². The first-order chi connectivity index (χ1) is 9.99. The summed E-state index contributed by atoms with van der Waals surface area (Å²) in [6, 6.07) is 5.02. The average molecular weight is 301 g/mol. The smallest absolute Gasteiger partial charge is 0.387 e. The maximum atomic E-state index is 12.5. The Morgan fingerprint density at radius 2 is 1.90 bits per heavy atom. The molecule has 2 atom stereocenters. The van der Waals surface area contributed by atoms with E-state index in [1.54, 1.807) is 19.2 Å². The average Bonchev–Trinajstić information content (AvgIpc) is 2.47. The Hall–Kier alpha value is -1.52. The van der Waals surface area contributed by atoms with E-state index in [4.69, 9.17) is 4.74 Å². The SMILES string of the molecule is CCC(C)CC(CC)Nc1cc(OC)ccc1OC(F)F. The second-order valence-electron chi connectivity index (χ2n) is 5.24. The van der Waals surface area contributed by atoms with Crippen LogP contribution in [0.15, 0.2) is 18.2 Å². The molecule has 5 heteroatoms. The van der Waals surface area contributed by atoms with Crippen LogP contribution in [-0.4, -0.2) is 19.8 Å². The number of nitrogens with one attached hydrogen (secondary N) is 1. The van der Waals surface area contributed by atoms with E-state index in [9.17, 15) is 8.78 Å². The van der Waals surface area contributed by atoms with Crippen molar-refractivity contribution in [1.82, 2.24) is 0 Å². The van der Waals surface area contributed by atoms with Crippen molar-refractivity contribution in [2.24, 2.45) is 5.92 Å². The Kier molecular flexibility index (Phi) is 7.26. The molecule has 0 saturated carbocycles. The Morgan fingerprint density at radius 1 is 1.19 bits per heavy atom. The number of hydrogen-bond acceptors (Lipinski definition) is 3. The van der Waals surface area contributed by atoms with Gasteiger partial charge in [-0.2, -0.15) is 8.78 Å². The van der Waals surface area contributed by atoms with Crippen LogP contribution >= 0.6 is 0 Å². The summed E-state index contributed by atoms with van der Waals surface area (Å²) in [6.07, 6.45) is 2.99. The van der Waals surface area contributed by atoms with Gasteiger partial charge in [-0.15, -0.1) is 0 Å². The van der Waals surface area contributed by atoms with Gasteiger partial charge in [0, 0.05) is 12.1 Å². The summed E-state index contributed by atoms with van der Waals surface area (Å²) in [5.74, 6) is 1.33. The minimum atomic E-state index is -2.84. The van der Waals surface area contributed by atoms with Crippen LogP contribution in [0.5, 0.6) is 11.5 Å². The minimum Gasteiger partial charge on any atom is -0.497 e. The molecule has 0 spiro atoms. The van der Waals surface area contributed by atoms with Crippen molar-refractivity contribution in [3.8, 4) is 11.5 Å². The fourth-order valence-electron chi connectivity index (χ4n) is 2.15. The van der Waals surface area contributed by atoms with Crippen molar-refractivity contribution in [2.75, 3.05) is 12.4 Å². The van der Waals surface area contributed by atoms with E-state index < -0.39 is 6.61 Å². The number of rotatable bonds is 9. The van der Waals surface area contributed by atoms with E-state index >= 15 is 0 Å². The fraction of sp³-hybridized carbons (Fsp3) is 0.625. The van der Waals surface area contributed by atoms with Gasteiger partial charge >= 0.3 is 6.61 Å². The number of halogens is 2. The Labute approximate surface area is 125 Å². The van der Waals surface area contributed by atoms with Crippen LogP contribution in [0.2, 0.25) is 0 Å². The van der Waals surface area contributed by atoms with Crippen LogP contribution in [0.3, 0.4) is 0 Å². The van der Waals surface area contributed by atoms with E-state index in [0.717, 1.165) is 19.3 Å². The van der Waals surface area contributed by atoms with Gasteiger partial charge < -0.3 is 14.8 Å². The number of methoxy groups -OCH3 is 1. The molecular weight excluding hydrogens is 276 g/mol. The predicted octanol–water partition coefficient (Wildman–Crippen LogP) is 4.92. The van der Waals surface area contributed by atoms with Gasteiger partial charge in [0.15, 0.2) is 0 Å². The van der Waals surface area contributed by atoms with E-state index in [1.165, 1.54) is 6.07 Å². The first-order valence-electron chi connectivity index (χ1n) is 7.39. The predicted molar refractivity (Wildman–Crippen MR) is 81.4 cm³/mol. The molecule has 0 aliphatic heterocycles. The highest BCUT2D eigenvalue weighted by Gasteiger charge is 2.15. The second kappa shape index (κ2) is 8.70. The zero-order valence-corrected chi connectivity index (χ0v) is 13.2. The van der Waals surface area contributed by atoms with Gasteiger partial charge in [0.2, 0.25) is 0 Å². The molecule has 2 unspecified atom stereocenters. The van der Waals surface area contributed by atoms with Gasteiger partial charge in [-0.25, -0.2) is 0 Å². The Balaban J connectivity index is 2.90. The minimum absolute atomic E-state index is 0.147. The third kappa shape index (κ3) is 5.78. The molecule has 0 fully saturated rings.